The standard InChI is InChI=1S/C24H30N4O2S2/c1-4-5-7-11-28-23(30)19(32-24(28)31)13-18-21(26-14-16(2)12-17(3)15-26)25-20-9-6-8-10-27(20)22(18)29/h6,8-10,13,16-17H,4-5,7,11-12,14-15H2,1-3H3. The van der Waals surface area contributed by atoms with Crippen LogP contribution in [0, 0.1) is 11.8 Å². The van der Waals surface area contributed by atoms with Gasteiger partial charge in [-0.05, 0) is 42.9 Å². The molecule has 1 amide bonds. The molecule has 2 aromatic rings. The first-order valence-corrected chi connectivity index (χ1v) is 12.6. The number of carbonyl (C=O) groups is 1. The van der Waals surface area contributed by atoms with Crippen LogP contribution in [-0.4, -0.2) is 44.1 Å². The molecule has 0 aliphatic carbocycles. The van der Waals surface area contributed by atoms with Crippen LogP contribution in [0.25, 0.3) is 11.7 Å². The summed E-state index contributed by atoms with van der Waals surface area (Å²) >= 11 is 6.76. The first kappa shape index (κ1) is 23.0. The van der Waals surface area contributed by atoms with Gasteiger partial charge >= 0.3 is 0 Å². The Morgan fingerprint density at radius 2 is 1.94 bits per heavy atom. The second-order valence-corrected chi connectivity index (χ2v) is 10.7. The predicted molar refractivity (Wildman–Crippen MR) is 136 cm³/mol. The Bertz CT molecular complexity index is 1120. The van der Waals surface area contributed by atoms with Crippen LogP contribution >= 0.6 is 24.0 Å². The highest BCUT2D eigenvalue weighted by Gasteiger charge is 2.33. The molecular formula is C24H30N4O2S2. The van der Waals surface area contributed by atoms with E-state index in [-0.39, 0.29) is 11.5 Å². The summed E-state index contributed by atoms with van der Waals surface area (Å²) in [4.78, 5) is 35.8. The Balaban J connectivity index is 1.77. The van der Waals surface area contributed by atoms with E-state index in [1.54, 1.807) is 21.6 Å². The topological polar surface area (TPSA) is 57.9 Å². The fraction of sp³-hybridized carbons (Fsp3) is 0.500. The monoisotopic (exact) mass is 470 g/mol. The second-order valence-electron chi connectivity index (χ2n) is 8.97. The third-order valence-electron chi connectivity index (χ3n) is 6.05. The SMILES string of the molecule is CCCCCN1C(=O)C(=Cc2c(N3CC(C)CC(C)C3)nc3ccccn3c2=O)SC1=S. The van der Waals surface area contributed by atoms with E-state index >= 15 is 0 Å². The number of hydrogen-bond acceptors (Lipinski definition) is 6. The zero-order valence-electron chi connectivity index (χ0n) is 18.9. The number of unbranched alkanes of at least 4 members (excludes halogenated alkanes) is 2. The van der Waals surface area contributed by atoms with Crippen molar-refractivity contribution in [1.29, 1.82) is 0 Å². The first-order valence-electron chi connectivity index (χ1n) is 11.4. The molecule has 0 bridgehead atoms. The van der Waals surface area contributed by atoms with Crippen LogP contribution < -0.4 is 10.5 Å². The van der Waals surface area contributed by atoms with Gasteiger partial charge in [0.25, 0.3) is 11.5 Å². The van der Waals surface area contributed by atoms with Gasteiger partial charge in [0.15, 0.2) is 0 Å². The summed E-state index contributed by atoms with van der Waals surface area (Å²) in [6.07, 6.45) is 7.66. The number of pyridine rings is 1. The molecule has 2 unspecified atom stereocenters. The normalized spacial score (nSPS) is 23.0. The van der Waals surface area contributed by atoms with Gasteiger partial charge < -0.3 is 4.90 Å². The van der Waals surface area contributed by atoms with Gasteiger partial charge in [-0.25, -0.2) is 4.98 Å². The van der Waals surface area contributed by atoms with Crippen molar-refractivity contribution in [2.24, 2.45) is 11.8 Å². The molecule has 0 aromatic carbocycles. The van der Waals surface area contributed by atoms with Crippen LogP contribution in [0.3, 0.4) is 0 Å². The minimum atomic E-state index is -0.160. The van der Waals surface area contributed by atoms with Gasteiger partial charge in [-0.1, -0.05) is 63.7 Å². The fourth-order valence-corrected chi connectivity index (χ4v) is 5.93. The van der Waals surface area contributed by atoms with E-state index in [9.17, 15) is 9.59 Å². The summed E-state index contributed by atoms with van der Waals surface area (Å²) < 4.78 is 2.11. The Kier molecular flexibility index (Phi) is 7.00. The van der Waals surface area contributed by atoms with Gasteiger partial charge in [0.1, 0.15) is 15.8 Å². The molecule has 6 nitrogen and oxygen atoms in total. The van der Waals surface area contributed by atoms with Gasteiger partial charge in [0.2, 0.25) is 0 Å². The Hall–Kier alpha value is -2.19. The van der Waals surface area contributed by atoms with Crippen LogP contribution in [0.1, 0.15) is 52.0 Å². The Morgan fingerprint density at radius 3 is 2.66 bits per heavy atom. The summed E-state index contributed by atoms with van der Waals surface area (Å²) in [5, 5.41) is 0. The van der Waals surface area contributed by atoms with Crippen LogP contribution in [0.2, 0.25) is 0 Å². The number of fused-ring (bicyclic) bond motifs is 1. The third-order valence-corrected chi connectivity index (χ3v) is 7.43. The Labute approximate surface area is 198 Å². The van der Waals surface area contributed by atoms with Gasteiger partial charge in [0.05, 0.1) is 10.5 Å². The highest BCUT2D eigenvalue weighted by molar-refractivity contribution is 8.26. The van der Waals surface area contributed by atoms with E-state index in [4.69, 9.17) is 17.2 Å². The second kappa shape index (κ2) is 9.75. The third kappa shape index (κ3) is 4.62. The van der Waals surface area contributed by atoms with Crippen molar-refractivity contribution in [2.75, 3.05) is 24.5 Å². The van der Waals surface area contributed by atoms with E-state index in [0.29, 0.717) is 44.6 Å². The van der Waals surface area contributed by atoms with Crippen LogP contribution in [0.15, 0.2) is 34.1 Å². The molecular weight excluding hydrogens is 440 g/mol. The molecule has 8 heteroatoms. The van der Waals surface area contributed by atoms with Crippen LogP contribution in [0.4, 0.5) is 5.82 Å². The van der Waals surface area contributed by atoms with Crippen molar-refractivity contribution < 1.29 is 4.79 Å². The van der Waals surface area contributed by atoms with Crippen molar-refractivity contribution in [3.8, 4) is 0 Å². The van der Waals surface area contributed by atoms with Crippen molar-refractivity contribution in [3.05, 3.63) is 45.2 Å². The molecule has 0 N–H and O–H groups in total. The summed E-state index contributed by atoms with van der Waals surface area (Å²) in [5.41, 5.74) is 0.916. The van der Waals surface area contributed by atoms with E-state index in [0.717, 1.165) is 38.8 Å². The highest BCUT2D eigenvalue weighted by Crippen LogP contribution is 2.34. The number of hydrogen-bond donors (Lipinski definition) is 0. The van der Waals surface area contributed by atoms with Gasteiger partial charge in [-0.3, -0.25) is 18.9 Å². The molecule has 2 aromatic heterocycles. The molecule has 170 valence electrons. The molecule has 4 heterocycles. The molecule has 2 saturated heterocycles. The number of rotatable bonds is 6. The zero-order chi connectivity index (χ0) is 22.8. The minimum Gasteiger partial charge on any atom is -0.355 e. The number of piperidine rings is 1. The number of anilines is 1. The maximum Gasteiger partial charge on any atom is 0.267 e. The molecule has 4 rings (SSSR count). The van der Waals surface area contributed by atoms with Crippen molar-refractivity contribution in [1.82, 2.24) is 14.3 Å². The minimum absolute atomic E-state index is 0.111. The number of thiocarbonyl (C=S) groups is 1. The number of amides is 1. The summed E-state index contributed by atoms with van der Waals surface area (Å²) in [5.74, 6) is 1.58. The van der Waals surface area contributed by atoms with Crippen molar-refractivity contribution in [3.63, 3.8) is 0 Å². The van der Waals surface area contributed by atoms with Gasteiger partial charge in [-0.2, -0.15) is 0 Å². The van der Waals surface area contributed by atoms with Gasteiger partial charge in [-0.15, -0.1) is 0 Å². The molecule has 2 fully saturated rings. The smallest absolute Gasteiger partial charge is 0.267 e. The summed E-state index contributed by atoms with van der Waals surface area (Å²) in [6, 6.07) is 5.55. The number of thioether (sulfide) groups is 1. The molecule has 2 atom stereocenters. The largest absolute Gasteiger partial charge is 0.355 e. The molecule has 2 aliphatic rings. The maximum atomic E-state index is 13.5. The van der Waals surface area contributed by atoms with E-state index in [1.165, 1.54) is 11.8 Å². The highest BCUT2D eigenvalue weighted by atomic mass is 32.2. The lowest BCUT2D eigenvalue weighted by atomic mass is 9.91. The van der Waals surface area contributed by atoms with E-state index < -0.39 is 0 Å². The lowest BCUT2D eigenvalue weighted by Crippen LogP contribution is -2.40. The van der Waals surface area contributed by atoms with Crippen LogP contribution in [-0.2, 0) is 4.79 Å². The summed E-state index contributed by atoms with van der Waals surface area (Å²) in [7, 11) is 0. The van der Waals surface area contributed by atoms with Crippen LogP contribution in [0.5, 0.6) is 0 Å². The van der Waals surface area contributed by atoms with E-state index in [1.807, 2.05) is 18.2 Å². The quantitative estimate of drug-likeness (QED) is 0.350. The average Bonchev–Trinajstić information content (AvgIpc) is 3.02. The maximum absolute atomic E-state index is 13.5. The fourth-order valence-electron chi connectivity index (χ4n) is 4.64. The lowest BCUT2D eigenvalue weighted by Gasteiger charge is -2.36. The number of aromatic nitrogens is 2. The number of nitrogens with zero attached hydrogens (tertiary/aromatic N) is 4. The predicted octanol–water partition coefficient (Wildman–Crippen LogP) is 4.57. The first-order chi connectivity index (χ1) is 15.4. The Morgan fingerprint density at radius 1 is 1.19 bits per heavy atom. The van der Waals surface area contributed by atoms with Crippen molar-refractivity contribution >= 4 is 51.7 Å². The number of carbonyl (C=O) groups excluding carboxylic acids is 1. The molecule has 0 spiro atoms. The molecule has 2 aliphatic heterocycles. The average molecular weight is 471 g/mol. The van der Waals surface area contributed by atoms with E-state index in [2.05, 4.69) is 25.7 Å². The van der Waals surface area contributed by atoms with Gasteiger partial charge in [0, 0.05) is 25.8 Å². The zero-order valence-corrected chi connectivity index (χ0v) is 20.5. The summed E-state index contributed by atoms with van der Waals surface area (Å²) in [6.45, 7) is 8.92. The van der Waals surface area contributed by atoms with Crippen molar-refractivity contribution in [2.45, 2.75) is 46.5 Å². The molecule has 32 heavy (non-hydrogen) atoms. The molecule has 0 radical (unpaired) electrons. The lowest BCUT2D eigenvalue weighted by molar-refractivity contribution is -0.122. The molecule has 0 saturated carbocycles.